The molecule has 134 valence electrons. The highest BCUT2D eigenvalue weighted by atomic mass is 35.5. The number of nitrogens with one attached hydrogen (secondary N) is 1. The molecule has 2 heterocycles. The number of halogens is 1. The van der Waals surface area contributed by atoms with Gasteiger partial charge in [-0.05, 0) is 48.8 Å². The van der Waals surface area contributed by atoms with E-state index in [-0.39, 0.29) is 12.4 Å². The van der Waals surface area contributed by atoms with Crippen LogP contribution in [-0.4, -0.2) is 36.0 Å². The normalized spacial score (nSPS) is 24.4. The van der Waals surface area contributed by atoms with E-state index in [1.54, 1.807) is 0 Å². The second-order valence-corrected chi connectivity index (χ2v) is 7.61. The standard InChI is InChI=1S/C20H30N2O.ClH/c1-14(2)16-4-6-17(7-5-16)15(3)12-20(23)22-18-8-9-19(22)13-21-11-10-18;/h4-7,14-15,18-19,21H,8-13H2,1-3H3;1H. The molecule has 0 spiro atoms. The molecular formula is C20H31ClN2O. The van der Waals surface area contributed by atoms with E-state index < -0.39 is 0 Å². The predicted octanol–water partition coefficient (Wildman–Crippen LogP) is 4.08. The van der Waals surface area contributed by atoms with Gasteiger partial charge in [0, 0.05) is 25.0 Å². The molecule has 3 atom stereocenters. The van der Waals surface area contributed by atoms with Crippen molar-refractivity contribution in [3.8, 4) is 0 Å². The first-order valence-electron chi connectivity index (χ1n) is 9.18. The molecule has 2 saturated heterocycles. The molecule has 0 radical (unpaired) electrons. The average Bonchev–Trinajstić information content (AvgIpc) is 2.80. The number of benzene rings is 1. The highest BCUT2D eigenvalue weighted by Crippen LogP contribution is 2.31. The maximum atomic E-state index is 12.9. The highest BCUT2D eigenvalue weighted by molar-refractivity contribution is 5.85. The molecule has 3 unspecified atom stereocenters. The Morgan fingerprint density at radius 3 is 2.38 bits per heavy atom. The summed E-state index contributed by atoms with van der Waals surface area (Å²) in [6.45, 7) is 8.63. The highest BCUT2D eigenvalue weighted by Gasteiger charge is 2.38. The van der Waals surface area contributed by atoms with Gasteiger partial charge in [-0.15, -0.1) is 12.4 Å². The Morgan fingerprint density at radius 1 is 1.08 bits per heavy atom. The van der Waals surface area contributed by atoms with E-state index in [2.05, 4.69) is 55.3 Å². The second kappa shape index (κ2) is 8.35. The predicted molar refractivity (Wildman–Crippen MR) is 102 cm³/mol. The SMILES string of the molecule is CC(C)c1ccc(C(C)CC(=O)N2C3CCNCC2CC3)cc1.Cl. The van der Waals surface area contributed by atoms with Crippen molar-refractivity contribution in [2.24, 2.45) is 0 Å². The van der Waals surface area contributed by atoms with Crippen LogP contribution < -0.4 is 5.32 Å². The topological polar surface area (TPSA) is 32.3 Å². The molecule has 0 aliphatic carbocycles. The minimum absolute atomic E-state index is 0. The lowest BCUT2D eigenvalue weighted by Gasteiger charge is -2.29. The Balaban J connectivity index is 0.00000208. The van der Waals surface area contributed by atoms with Gasteiger partial charge in [-0.1, -0.05) is 45.0 Å². The van der Waals surface area contributed by atoms with E-state index in [0.717, 1.165) is 19.5 Å². The molecule has 1 amide bonds. The van der Waals surface area contributed by atoms with Crippen molar-refractivity contribution in [1.82, 2.24) is 10.2 Å². The minimum Gasteiger partial charge on any atom is -0.335 e. The van der Waals surface area contributed by atoms with Crippen molar-refractivity contribution >= 4 is 18.3 Å². The average molecular weight is 351 g/mol. The van der Waals surface area contributed by atoms with Crippen LogP contribution in [0.1, 0.15) is 69.4 Å². The van der Waals surface area contributed by atoms with Crippen molar-refractivity contribution in [3.63, 3.8) is 0 Å². The monoisotopic (exact) mass is 350 g/mol. The van der Waals surface area contributed by atoms with Crippen LogP contribution in [0.3, 0.4) is 0 Å². The van der Waals surface area contributed by atoms with Crippen molar-refractivity contribution in [2.45, 2.75) is 70.4 Å². The molecule has 2 aliphatic rings. The lowest BCUT2D eigenvalue weighted by molar-refractivity contribution is -0.134. The lowest BCUT2D eigenvalue weighted by atomic mass is 9.93. The second-order valence-electron chi connectivity index (χ2n) is 7.61. The Hall–Kier alpha value is -1.06. The summed E-state index contributed by atoms with van der Waals surface area (Å²) in [6.07, 6.45) is 4.10. The van der Waals surface area contributed by atoms with Gasteiger partial charge < -0.3 is 10.2 Å². The Labute approximate surface area is 152 Å². The molecule has 24 heavy (non-hydrogen) atoms. The summed E-state index contributed by atoms with van der Waals surface area (Å²) in [6, 6.07) is 9.71. The smallest absolute Gasteiger partial charge is 0.223 e. The van der Waals surface area contributed by atoms with Crippen LogP contribution >= 0.6 is 12.4 Å². The Bertz CT molecular complexity index is 529. The van der Waals surface area contributed by atoms with E-state index in [0.29, 0.717) is 36.2 Å². The number of carbonyl (C=O) groups is 1. The van der Waals surface area contributed by atoms with Gasteiger partial charge >= 0.3 is 0 Å². The molecule has 2 fully saturated rings. The van der Waals surface area contributed by atoms with Crippen LogP contribution in [-0.2, 0) is 4.79 Å². The van der Waals surface area contributed by atoms with Crippen molar-refractivity contribution in [3.05, 3.63) is 35.4 Å². The van der Waals surface area contributed by atoms with Crippen LogP contribution in [0.15, 0.2) is 24.3 Å². The number of amides is 1. The van der Waals surface area contributed by atoms with Crippen molar-refractivity contribution in [2.75, 3.05) is 13.1 Å². The lowest BCUT2D eigenvalue weighted by Crippen LogP contribution is -2.42. The van der Waals surface area contributed by atoms with Gasteiger partial charge in [0.1, 0.15) is 0 Å². The summed E-state index contributed by atoms with van der Waals surface area (Å²) >= 11 is 0. The van der Waals surface area contributed by atoms with Gasteiger partial charge in [0.05, 0.1) is 0 Å². The molecule has 3 nitrogen and oxygen atoms in total. The van der Waals surface area contributed by atoms with E-state index in [1.165, 1.54) is 24.0 Å². The van der Waals surface area contributed by atoms with E-state index in [9.17, 15) is 4.79 Å². The molecule has 2 bridgehead atoms. The van der Waals surface area contributed by atoms with Gasteiger partial charge in [-0.3, -0.25) is 4.79 Å². The van der Waals surface area contributed by atoms with Gasteiger partial charge in [0.15, 0.2) is 0 Å². The number of carbonyl (C=O) groups excluding carboxylic acids is 1. The first-order chi connectivity index (χ1) is 11.1. The first-order valence-corrected chi connectivity index (χ1v) is 9.18. The van der Waals surface area contributed by atoms with Crippen molar-refractivity contribution in [1.29, 1.82) is 0 Å². The summed E-state index contributed by atoms with van der Waals surface area (Å²) in [5.74, 6) is 1.20. The van der Waals surface area contributed by atoms with Gasteiger partial charge in [0.2, 0.25) is 5.91 Å². The molecular weight excluding hydrogens is 320 g/mol. The molecule has 4 heteroatoms. The quantitative estimate of drug-likeness (QED) is 0.887. The zero-order valence-electron chi connectivity index (χ0n) is 15.1. The number of nitrogens with zero attached hydrogens (tertiary/aromatic N) is 1. The van der Waals surface area contributed by atoms with Gasteiger partial charge in [-0.25, -0.2) is 0 Å². The maximum absolute atomic E-state index is 12.9. The first kappa shape index (κ1) is 19.3. The van der Waals surface area contributed by atoms with Crippen LogP contribution in [0.2, 0.25) is 0 Å². The Kier molecular flexibility index (Phi) is 6.70. The molecule has 0 saturated carbocycles. The van der Waals surface area contributed by atoms with E-state index in [4.69, 9.17) is 0 Å². The van der Waals surface area contributed by atoms with Crippen LogP contribution in [0, 0.1) is 0 Å². The minimum atomic E-state index is 0. The third-order valence-corrected chi connectivity index (χ3v) is 5.60. The van der Waals surface area contributed by atoms with Gasteiger partial charge in [0.25, 0.3) is 0 Å². The van der Waals surface area contributed by atoms with Crippen LogP contribution in [0.4, 0.5) is 0 Å². The van der Waals surface area contributed by atoms with Crippen LogP contribution in [0.25, 0.3) is 0 Å². The summed E-state index contributed by atoms with van der Waals surface area (Å²) in [5.41, 5.74) is 2.65. The summed E-state index contributed by atoms with van der Waals surface area (Å²) in [4.78, 5) is 15.1. The third kappa shape index (κ3) is 4.12. The molecule has 1 N–H and O–H groups in total. The van der Waals surface area contributed by atoms with Gasteiger partial charge in [-0.2, -0.15) is 0 Å². The molecule has 1 aromatic carbocycles. The number of hydrogen-bond donors (Lipinski definition) is 1. The molecule has 0 aromatic heterocycles. The molecule has 2 aliphatic heterocycles. The molecule has 1 aromatic rings. The summed E-state index contributed by atoms with van der Waals surface area (Å²) < 4.78 is 0. The number of rotatable bonds is 4. The van der Waals surface area contributed by atoms with E-state index in [1.807, 2.05) is 0 Å². The number of fused-ring (bicyclic) bond motifs is 2. The third-order valence-electron chi connectivity index (χ3n) is 5.60. The fraction of sp³-hybridized carbons (Fsp3) is 0.650. The molecule has 3 rings (SSSR count). The maximum Gasteiger partial charge on any atom is 0.223 e. The fourth-order valence-electron chi connectivity index (χ4n) is 4.08. The van der Waals surface area contributed by atoms with Crippen molar-refractivity contribution < 1.29 is 4.79 Å². The zero-order chi connectivity index (χ0) is 16.4. The summed E-state index contributed by atoms with van der Waals surface area (Å²) in [7, 11) is 0. The zero-order valence-corrected chi connectivity index (χ0v) is 15.9. The Morgan fingerprint density at radius 2 is 1.71 bits per heavy atom. The largest absolute Gasteiger partial charge is 0.335 e. The van der Waals surface area contributed by atoms with Crippen LogP contribution in [0.5, 0.6) is 0 Å². The summed E-state index contributed by atoms with van der Waals surface area (Å²) in [5, 5.41) is 3.47. The van der Waals surface area contributed by atoms with E-state index >= 15 is 0 Å². The fourth-order valence-corrected chi connectivity index (χ4v) is 4.08. The number of hydrogen-bond acceptors (Lipinski definition) is 2.